The maximum absolute atomic E-state index is 4.99. The summed E-state index contributed by atoms with van der Waals surface area (Å²) in [5.74, 6) is 0. The molecule has 112 valence electrons. The number of aryl methyl sites for hydroxylation is 1. The summed E-state index contributed by atoms with van der Waals surface area (Å²) < 4.78 is 0. The van der Waals surface area contributed by atoms with Crippen LogP contribution in [0.3, 0.4) is 0 Å². The second kappa shape index (κ2) is 5.43. The van der Waals surface area contributed by atoms with Crippen LogP contribution in [0.2, 0.25) is 0 Å². The molecule has 22 heavy (non-hydrogen) atoms. The Labute approximate surface area is 135 Å². The van der Waals surface area contributed by atoms with Crippen molar-refractivity contribution in [3.05, 3.63) is 65.5 Å². The Morgan fingerprint density at radius 3 is 2.68 bits per heavy atom. The van der Waals surface area contributed by atoms with Crippen LogP contribution in [0, 0.1) is 6.92 Å². The van der Waals surface area contributed by atoms with E-state index >= 15 is 0 Å². The molecule has 0 saturated carbocycles. The third-order valence-electron chi connectivity index (χ3n) is 4.30. The van der Waals surface area contributed by atoms with Crippen LogP contribution in [0.25, 0.3) is 0 Å². The summed E-state index contributed by atoms with van der Waals surface area (Å²) in [5.41, 5.74) is 3.68. The smallest absolute Gasteiger partial charge is 0.160 e. The molecule has 3 nitrogen and oxygen atoms in total. The van der Waals surface area contributed by atoms with Gasteiger partial charge in [0.25, 0.3) is 0 Å². The van der Waals surface area contributed by atoms with Crippen molar-refractivity contribution in [2.45, 2.75) is 31.2 Å². The average Bonchev–Trinajstić information content (AvgIpc) is 3.05. The Bertz CT molecular complexity index is 696. The fraction of sp³-hybridized carbons (Fsp3) is 0.333. The molecule has 2 aliphatic rings. The second-order valence-electron chi connectivity index (χ2n) is 6.05. The number of thioether (sulfide) groups is 1. The van der Waals surface area contributed by atoms with Gasteiger partial charge in [0.15, 0.2) is 5.17 Å². The molecule has 1 saturated heterocycles. The van der Waals surface area contributed by atoms with Crippen molar-refractivity contribution in [3.8, 4) is 0 Å². The van der Waals surface area contributed by atoms with Crippen LogP contribution in [-0.4, -0.2) is 26.8 Å². The van der Waals surface area contributed by atoms with Gasteiger partial charge in [-0.3, -0.25) is 9.98 Å². The molecule has 0 amide bonds. The number of aromatic nitrogens is 1. The summed E-state index contributed by atoms with van der Waals surface area (Å²) in [5, 5.41) is 1.78. The molecule has 1 aromatic heterocycles. The first kappa shape index (κ1) is 13.8. The first-order valence-electron chi connectivity index (χ1n) is 7.71. The molecule has 4 heteroatoms. The van der Waals surface area contributed by atoms with E-state index in [-0.39, 0.29) is 12.1 Å². The lowest BCUT2D eigenvalue weighted by molar-refractivity contribution is 0.321. The van der Waals surface area contributed by atoms with Crippen molar-refractivity contribution in [2.24, 2.45) is 4.99 Å². The third-order valence-corrected chi connectivity index (χ3v) is 5.40. The molecular weight excluding hydrogens is 290 g/mol. The van der Waals surface area contributed by atoms with Crippen LogP contribution < -0.4 is 0 Å². The zero-order chi connectivity index (χ0) is 15.1. The molecule has 3 heterocycles. The standard InChI is InChI=1S/C18H19N3S/c1-12-6-8-14(9-7-12)17-16(15-5-3-4-10-19-15)20-18-21(17)11-13(2)22-18/h3-10,13,16-17H,11H2,1-2H3/t13-,16-,17+/m0/s1. The van der Waals surface area contributed by atoms with Crippen molar-refractivity contribution < 1.29 is 0 Å². The Kier molecular flexibility index (Phi) is 3.41. The normalized spacial score (nSPS) is 26.9. The number of rotatable bonds is 2. The fourth-order valence-electron chi connectivity index (χ4n) is 3.24. The van der Waals surface area contributed by atoms with Gasteiger partial charge in [-0.15, -0.1) is 0 Å². The van der Waals surface area contributed by atoms with Crippen molar-refractivity contribution in [3.63, 3.8) is 0 Å². The highest BCUT2D eigenvalue weighted by Gasteiger charge is 2.43. The van der Waals surface area contributed by atoms with Gasteiger partial charge in [0.1, 0.15) is 6.04 Å². The molecule has 0 aliphatic carbocycles. The summed E-state index contributed by atoms with van der Waals surface area (Å²) in [6.07, 6.45) is 1.86. The highest BCUT2D eigenvalue weighted by Crippen LogP contribution is 2.47. The lowest BCUT2D eigenvalue weighted by atomic mass is 9.96. The van der Waals surface area contributed by atoms with Crippen molar-refractivity contribution in [1.82, 2.24) is 9.88 Å². The monoisotopic (exact) mass is 309 g/mol. The predicted octanol–water partition coefficient (Wildman–Crippen LogP) is 3.98. The summed E-state index contributed by atoms with van der Waals surface area (Å²) in [6, 6.07) is 15.3. The molecule has 1 aromatic carbocycles. The quantitative estimate of drug-likeness (QED) is 0.840. The number of nitrogens with zero attached hydrogens (tertiary/aromatic N) is 3. The molecule has 0 N–H and O–H groups in total. The van der Waals surface area contributed by atoms with Crippen LogP contribution in [0.15, 0.2) is 53.7 Å². The Morgan fingerprint density at radius 2 is 1.95 bits per heavy atom. The summed E-state index contributed by atoms with van der Waals surface area (Å²) >= 11 is 1.88. The van der Waals surface area contributed by atoms with Crippen LogP contribution in [-0.2, 0) is 0 Å². The number of hydrogen-bond acceptors (Lipinski definition) is 4. The van der Waals surface area contributed by atoms with E-state index in [1.54, 1.807) is 0 Å². The molecule has 3 atom stereocenters. The van der Waals surface area contributed by atoms with Gasteiger partial charge >= 0.3 is 0 Å². The van der Waals surface area contributed by atoms with Crippen molar-refractivity contribution in [1.29, 1.82) is 0 Å². The highest BCUT2D eigenvalue weighted by atomic mass is 32.2. The molecule has 2 aliphatic heterocycles. The summed E-state index contributed by atoms with van der Waals surface area (Å²) in [6.45, 7) is 5.46. The lowest BCUT2D eigenvalue weighted by Crippen LogP contribution is -2.28. The fourth-order valence-corrected chi connectivity index (χ4v) is 4.33. The summed E-state index contributed by atoms with van der Waals surface area (Å²) in [7, 11) is 0. The Balaban J connectivity index is 1.76. The predicted molar refractivity (Wildman–Crippen MR) is 92.1 cm³/mol. The van der Waals surface area contributed by atoms with Crippen LogP contribution >= 0.6 is 11.8 Å². The maximum atomic E-state index is 4.99. The minimum Gasteiger partial charge on any atom is -0.341 e. The van der Waals surface area contributed by atoms with E-state index in [1.165, 1.54) is 16.3 Å². The number of aliphatic imine (C=N–C) groups is 1. The first-order chi connectivity index (χ1) is 10.7. The van der Waals surface area contributed by atoms with E-state index in [9.17, 15) is 0 Å². The number of amidine groups is 1. The largest absolute Gasteiger partial charge is 0.341 e. The van der Waals surface area contributed by atoms with Gasteiger partial charge in [-0.1, -0.05) is 54.6 Å². The minimum absolute atomic E-state index is 0.0962. The molecule has 0 unspecified atom stereocenters. The second-order valence-corrected chi connectivity index (χ2v) is 7.45. The van der Waals surface area contributed by atoms with Gasteiger partial charge in [-0.05, 0) is 24.6 Å². The zero-order valence-electron chi connectivity index (χ0n) is 12.8. The zero-order valence-corrected chi connectivity index (χ0v) is 13.6. The van der Waals surface area contributed by atoms with Crippen LogP contribution in [0.5, 0.6) is 0 Å². The van der Waals surface area contributed by atoms with E-state index in [1.807, 2.05) is 30.1 Å². The van der Waals surface area contributed by atoms with Gasteiger partial charge in [0, 0.05) is 18.0 Å². The van der Waals surface area contributed by atoms with E-state index < -0.39 is 0 Å². The van der Waals surface area contributed by atoms with Crippen molar-refractivity contribution >= 4 is 16.9 Å². The highest BCUT2D eigenvalue weighted by molar-refractivity contribution is 8.14. The first-order valence-corrected chi connectivity index (χ1v) is 8.59. The Hall–Kier alpha value is -1.81. The third kappa shape index (κ3) is 2.31. The number of pyridine rings is 1. The summed E-state index contributed by atoms with van der Waals surface area (Å²) in [4.78, 5) is 12.0. The maximum Gasteiger partial charge on any atom is 0.160 e. The SMILES string of the molecule is Cc1ccc([C@@H]2[C@H](c3ccccn3)N=C3S[C@@H](C)CN32)cc1. The molecule has 0 radical (unpaired) electrons. The van der Waals surface area contributed by atoms with Gasteiger partial charge in [0.05, 0.1) is 11.7 Å². The lowest BCUT2D eigenvalue weighted by Gasteiger charge is -2.27. The van der Waals surface area contributed by atoms with Crippen LogP contribution in [0.4, 0.5) is 0 Å². The topological polar surface area (TPSA) is 28.5 Å². The molecule has 0 spiro atoms. The van der Waals surface area contributed by atoms with Gasteiger partial charge in [-0.25, -0.2) is 0 Å². The number of fused-ring (bicyclic) bond motifs is 1. The molecule has 0 bridgehead atoms. The number of benzene rings is 1. The molecular formula is C18H19N3S. The van der Waals surface area contributed by atoms with Crippen molar-refractivity contribution in [2.75, 3.05) is 6.54 Å². The Morgan fingerprint density at radius 1 is 1.14 bits per heavy atom. The van der Waals surface area contributed by atoms with Gasteiger partial charge < -0.3 is 4.90 Å². The van der Waals surface area contributed by atoms with E-state index in [2.05, 4.69) is 54.1 Å². The van der Waals surface area contributed by atoms with E-state index in [0.29, 0.717) is 5.25 Å². The molecule has 2 aromatic rings. The van der Waals surface area contributed by atoms with E-state index in [4.69, 9.17) is 4.99 Å². The van der Waals surface area contributed by atoms with Crippen LogP contribution in [0.1, 0.15) is 35.8 Å². The minimum atomic E-state index is 0.0962. The van der Waals surface area contributed by atoms with E-state index in [0.717, 1.165) is 12.2 Å². The molecule has 1 fully saturated rings. The van der Waals surface area contributed by atoms with Gasteiger partial charge in [-0.2, -0.15) is 0 Å². The van der Waals surface area contributed by atoms with Gasteiger partial charge in [0.2, 0.25) is 0 Å². The molecule has 4 rings (SSSR count). The average molecular weight is 309 g/mol. The number of hydrogen-bond donors (Lipinski definition) is 0.